The topological polar surface area (TPSA) is 49.8 Å². The molecule has 1 unspecified atom stereocenters. The van der Waals surface area contributed by atoms with E-state index in [2.05, 4.69) is 0 Å². The van der Waals surface area contributed by atoms with Crippen LogP contribution in [0.2, 0.25) is 0 Å². The van der Waals surface area contributed by atoms with E-state index in [9.17, 15) is 14.3 Å². The van der Waals surface area contributed by atoms with Crippen molar-refractivity contribution in [3.05, 3.63) is 71.5 Å². The van der Waals surface area contributed by atoms with Gasteiger partial charge in [-0.05, 0) is 48.4 Å². The van der Waals surface area contributed by atoms with Gasteiger partial charge in [-0.1, -0.05) is 42.5 Å². The molecule has 5 heteroatoms. The SMILES string of the molecule is O=C(ON1CCCC(Cc2ccc(F)cc2)C1)[C@H](O)c1ccccc1. The van der Waals surface area contributed by atoms with Crippen molar-refractivity contribution in [2.24, 2.45) is 5.92 Å². The van der Waals surface area contributed by atoms with Crippen LogP contribution in [0.25, 0.3) is 0 Å². The average molecular weight is 343 g/mol. The van der Waals surface area contributed by atoms with Gasteiger partial charge in [0.05, 0.1) is 0 Å². The second-order valence-electron chi connectivity index (χ2n) is 6.45. The average Bonchev–Trinajstić information content (AvgIpc) is 2.64. The first-order valence-corrected chi connectivity index (χ1v) is 8.56. The third-order valence-electron chi connectivity index (χ3n) is 4.48. The van der Waals surface area contributed by atoms with Crippen molar-refractivity contribution >= 4 is 5.97 Å². The molecule has 25 heavy (non-hydrogen) atoms. The number of hydrogen-bond donors (Lipinski definition) is 1. The Kier molecular flexibility index (Phi) is 5.79. The lowest BCUT2D eigenvalue weighted by atomic mass is 9.92. The molecule has 0 radical (unpaired) electrons. The van der Waals surface area contributed by atoms with Gasteiger partial charge in [-0.3, -0.25) is 0 Å². The van der Waals surface area contributed by atoms with Gasteiger partial charge in [0.2, 0.25) is 0 Å². The monoisotopic (exact) mass is 343 g/mol. The van der Waals surface area contributed by atoms with E-state index in [1.54, 1.807) is 41.5 Å². The second-order valence-corrected chi connectivity index (χ2v) is 6.45. The smallest absolute Gasteiger partial charge is 0.358 e. The van der Waals surface area contributed by atoms with Crippen molar-refractivity contribution in [1.29, 1.82) is 0 Å². The highest BCUT2D eigenvalue weighted by Crippen LogP contribution is 2.23. The highest BCUT2D eigenvalue weighted by Gasteiger charge is 2.26. The number of halogens is 1. The van der Waals surface area contributed by atoms with Gasteiger partial charge in [0, 0.05) is 13.1 Å². The minimum absolute atomic E-state index is 0.238. The predicted octanol–water partition coefficient (Wildman–Crippen LogP) is 3.27. The Hall–Kier alpha value is -2.24. The largest absolute Gasteiger partial charge is 0.377 e. The number of carbonyl (C=O) groups is 1. The van der Waals surface area contributed by atoms with Crippen molar-refractivity contribution in [2.45, 2.75) is 25.4 Å². The third kappa shape index (κ3) is 4.87. The second kappa shape index (κ2) is 8.23. The maximum atomic E-state index is 13.0. The molecule has 2 aromatic rings. The van der Waals surface area contributed by atoms with Crippen LogP contribution in [0.5, 0.6) is 0 Å². The van der Waals surface area contributed by atoms with Crippen LogP contribution >= 0.6 is 0 Å². The maximum absolute atomic E-state index is 13.0. The van der Waals surface area contributed by atoms with Crippen LogP contribution in [-0.4, -0.2) is 29.2 Å². The predicted molar refractivity (Wildman–Crippen MR) is 91.9 cm³/mol. The molecular formula is C20H22FNO3. The number of hydroxylamine groups is 2. The van der Waals surface area contributed by atoms with Gasteiger partial charge < -0.3 is 9.94 Å². The first-order chi connectivity index (χ1) is 12.1. The summed E-state index contributed by atoms with van der Waals surface area (Å²) in [5, 5.41) is 11.7. The van der Waals surface area contributed by atoms with Gasteiger partial charge in [-0.15, -0.1) is 5.06 Å². The summed E-state index contributed by atoms with van der Waals surface area (Å²) < 4.78 is 13.0. The first kappa shape index (κ1) is 17.6. The molecule has 1 saturated heterocycles. The van der Waals surface area contributed by atoms with Crippen LogP contribution in [0.1, 0.15) is 30.1 Å². The number of aliphatic hydroxyl groups is 1. The standard InChI is InChI=1S/C20H22FNO3/c21-18-10-8-15(9-11-18)13-16-5-4-12-22(14-16)25-20(24)19(23)17-6-2-1-3-7-17/h1-3,6-11,16,19,23H,4-5,12-14H2/t16?,19-/m1/s1. The van der Waals surface area contributed by atoms with Crippen molar-refractivity contribution in [3.8, 4) is 0 Å². The van der Waals surface area contributed by atoms with Crippen molar-refractivity contribution < 1.29 is 19.1 Å². The molecule has 3 rings (SSSR count). The van der Waals surface area contributed by atoms with Crippen molar-refractivity contribution in [3.63, 3.8) is 0 Å². The van der Waals surface area contributed by atoms with Gasteiger partial charge in [-0.25, -0.2) is 9.18 Å². The summed E-state index contributed by atoms with van der Waals surface area (Å²) in [7, 11) is 0. The van der Waals surface area contributed by atoms with Gasteiger partial charge in [-0.2, -0.15) is 0 Å². The zero-order chi connectivity index (χ0) is 17.6. The van der Waals surface area contributed by atoms with Crippen molar-refractivity contribution in [1.82, 2.24) is 5.06 Å². The third-order valence-corrected chi connectivity index (χ3v) is 4.48. The normalized spacial score (nSPS) is 19.4. The number of hydrogen-bond acceptors (Lipinski definition) is 4. The molecule has 0 bridgehead atoms. The Morgan fingerprint density at radius 3 is 2.64 bits per heavy atom. The molecular weight excluding hydrogens is 321 g/mol. The maximum Gasteiger partial charge on any atom is 0.358 e. The highest BCUT2D eigenvalue weighted by molar-refractivity contribution is 5.75. The lowest BCUT2D eigenvalue weighted by Gasteiger charge is -2.31. The quantitative estimate of drug-likeness (QED) is 0.905. The summed E-state index contributed by atoms with van der Waals surface area (Å²) >= 11 is 0. The Bertz CT molecular complexity index is 690. The zero-order valence-electron chi connectivity index (χ0n) is 14.0. The minimum atomic E-state index is -1.28. The number of piperidine rings is 1. The molecule has 2 atom stereocenters. The van der Waals surface area contributed by atoms with Crippen LogP contribution in [0.15, 0.2) is 54.6 Å². The van der Waals surface area contributed by atoms with Crippen molar-refractivity contribution in [2.75, 3.05) is 13.1 Å². The molecule has 0 amide bonds. The first-order valence-electron chi connectivity index (χ1n) is 8.56. The Balaban J connectivity index is 1.54. The van der Waals surface area contributed by atoms with Gasteiger partial charge in [0.15, 0.2) is 6.10 Å². The summed E-state index contributed by atoms with van der Waals surface area (Å²) in [5.41, 5.74) is 1.59. The van der Waals surface area contributed by atoms with Gasteiger partial charge in [0.25, 0.3) is 0 Å². The fourth-order valence-electron chi connectivity index (χ4n) is 3.18. The van der Waals surface area contributed by atoms with Crippen LogP contribution in [0.4, 0.5) is 4.39 Å². The molecule has 1 aliphatic heterocycles. The molecule has 0 aromatic heterocycles. The van der Waals surface area contributed by atoms with E-state index < -0.39 is 12.1 Å². The van der Waals surface area contributed by atoms with Crippen LogP contribution in [0, 0.1) is 11.7 Å². The molecule has 2 aromatic carbocycles. The summed E-state index contributed by atoms with van der Waals surface area (Å²) in [6.07, 6.45) is 1.49. The fraction of sp³-hybridized carbons (Fsp3) is 0.350. The van der Waals surface area contributed by atoms with Crippen LogP contribution in [-0.2, 0) is 16.1 Å². The van der Waals surface area contributed by atoms with Gasteiger partial charge >= 0.3 is 5.97 Å². The molecule has 1 fully saturated rings. The van der Waals surface area contributed by atoms with E-state index >= 15 is 0 Å². The summed E-state index contributed by atoms with van der Waals surface area (Å²) in [6.45, 7) is 1.28. The Labute approximate surface area is 146 Å². The van der Waals surface area contributed by atoms with E-state index in [0.29, 0.717) is 24.6 Å². The zero-order valence-corrected chi connectivity index (χ0v) is 14.0. The van der Waals surface area contributed by atoms with Gasteiger partial charge in [0.1, 0.15) is 5.82 Å². The summed E-state index contributed by atoms with van der Waals surface area (Å²) in [5.74, 6) is -0.563. The number of nitrogens with zero attached hydrogens (tertiary/aromatic N) is 1. The number of aliphatic hydroxyl groups excluding tert-OH is 1. The van der Waals surface area contributed by atoms with E-state index in [4.69, 9.17) is 4.84 Å². The van der Waals surface area contributed by atoms with E-state index in [1.807, 2.05) is 6.07 Å². The molecule has 0 spiro atoms. The highest BCUT2D eigenvalue weighted by atomic mass is 19.1. The van der Waals surface area contributed by atoms with E-state index in [0.717, 1.165) is 24.8 Å². The molecule has 0 saturated carbocycles. The Morgan fingerprint density at radius 1 is 1.20 bits per heavy atom. The van der Waals surface area contributed by atoms with E-state index in [1.165, 1.54) is 12.1 Å². The number of benzene rings is 2. The fourth-order valence-corrected chi connectivity index (χ4v) is 3.18. The lowest BCUT2D eigenvalue weighted by molar-refractivity contribution is -0.207. The molecule has 132 valence electrons. The number of rotatable bonds is 5. The van der Waals surface area contributed by atoms with Crippen LogP contribution in [0.3, 0.4) is 0 Å². The number of carbonyl (C=O) groups excluding carboxylic acids is 1. The molecule has 4 nitrogen and oxygen atoms in total. The minimum Gasteiger partial charge on any atom is -0.377 e. The molecule has 1 heterocycles. The van der Waals surface area contributed by atoms with Crippen LogP contribution < -0.4 is 0 Å². The molecule has 1 aliphatic rings. The molecule has 0 aliphatic carbocycles. The summed E-state index contributed by atoms with van der Waals surface area (Å²) in [4.78, 5) is 17.5. The summed E-state index contributed by atoms with van der Waals surface area (Å²) in [6, 6.07) is 15.3. The Morgan fingerprint density at radius 2 is 1.92 bits per heavy atom. The molecule has 1 N–H and O–H groups in total. The lowest BCUT2D eigenvalue weighted by Crippen LogP contribution is -2.39. The van der Waals surface area contributed by atoms with E-state index in [-0.39, 0.29) is 5.82 Å².